The quantitative estimate of drug-likeness (QED) is 0.661. The monoisotopic (exact) mass is 256 g/mol. The Morgan fingerprint density at radius 1 is 1.28 bits per heavy atom. The first-order valence-electron chi connectivity index (χ1n) is 6.55. The van der Waals surface area contributed by atoms with E-state index in [1.165, 1.54) is 0 Å². The Labute approximate surface area is 108 Å². The van der Waals surface area contributed by atoms with Gasteiger partial charge < -0.3 is 16.0 Å². The maximum absolute atomic E-state index is 12.0. The maximum atomic E-state index is 12.0. The van der Waals surface area contributed by atoms with Crippen LogP contribution in [0.2, 0.25) is 0 Å². The highest BCUT2D eigenvalue weighted by molar-refractivity contribution is 5.81. The minimum atomic E-state index is -0.375. The van der Waals surface area contributed by atoms with Crippen LogP contribution in [-0.4, -0.2) is 67.4 Å². The van der Waals surface area contributed by atoms with Crippen LogP contribution < -0.4 is 11.1 Å². The molecule has 18 heavy (non-hydrogen) atoms. The number of carbonyl (C=O) groups is 2. The Balaban J connectivity index is 2.34. The molecule has 0 aromatic heterocycles. The van der Waals surface area contributed by atoms with Crippen LogP contribution in [0.25, 0.3) is 0 Å². The molecule has 0 aromatic carbocycles. The molecule has 0 saturated carbocycles. The van der Waals surface area contributed by atoms with E-state index in [4.69, 9.17) is 5.73 Å². The minimum absolute atomic E-state index is 0.0115. The van der Waals surface area contributed by atoms with Crippen molar-refractivity contribution in [2.75, 3.05) is 39.8 Å². The number of nitrogens with zero attached hydrogens (tertiary/aromatic N) is 2. The fourth-order valence-corrected chi connectivity index (χ4v) is 2.08. The first-order chi connectivity index (χ1) is 8.58. The lowest BCUT2D eigenvalue weighted by atomic mass is 10.1. The van der Waals surface area contributed by atoms with Crippen LogP contribution in [0.15, 0.2) is 0 Å². The van der Waals surface area contributed by atoms with E-state index in [9.17, 15) is 9.59 Å². The molecule has 1 heterocycles. The van der Waals surface area contributed by atoms with Gasteiger partial charge in [0, 0.05) is 33.2 Å². The van der Waals surface area contributed by atoms with Crippen molar-refractivity contribution in [2.24, 2.45) is 5.73 Å². The van der Waals surface area contributed by atoms with Gasteiger partial charge in [0.25, 0.3) is 0 Å². The average Bonchev–Trinajstić information content (AvgIpc) is 2.39. The molecule has 1 fully saturated rings. The van der Waals surface area contributed by atoms with Crippen molar-refractivity contribution in [3.05, 3.63) is 0 Å². The molecule has 6 nitrogen and oxygen atoms in total. The van der Waals surface area contributed by atoms with E-state index < -0.39 is 0 Å². The van der Waals surface area contributed by atoms with Crippen molar-refractivity contribution in [3.8, 4) is 0 Å². The predicted molar refractivity (Wildman–Crippen MR) is 70.0 cm³/mol. The molecule has 0 radical (unpaired) electrons. The topological polar surface area (TPSA) is 78.7 Å². The van der Waals surface area contributed by atoms with Gasteiger partial charge in [0.05, 0.1) is 12.6 Å². The number of amides is 2. The van der Waals surface area contributed by atoms with E-state index >= 15 is 0 Å². The summed E-state index contributed by atoms with van der Waals surface area (Å²) in [5.74, 6) is 0.0499. The zero-order chi connectivity index (χ0) is 13.5. The largest absolute Gasteiger partial charge is 0.358 e. The van der Waals surface area contributed by atoms with Gasteiger partial charge in [-0.05, 0) is 6.42 Å². The maximum Gasteiger partial charge on any atom is 0.239 e. The molecule has 1 rings (SSSR count). The highest BCUT2D eigenvalue weighted by Crippen LogP contribution is 2.05. The highest BCUT2D eigenvalue weighted by Gasteiger charge is 2.25. The Bertz CT molecular complexity index is 288. The molecular formula is C12H24N4O2. The second-order valence-electron chi connectivity index (χ2n) is 4.67. The molecule has 0 spiro atoms. The fourth-order valence-electron chi connectivity index (χ4n) is 2.08. The van der Waals surface area contributed by atoms with Crippen molar-refractivity contribution >= 4 is 11.8 Å². The highest BCUT2D eigenvalue weighted by atomic mass is 16.2. The van der Waals surface area contributed by atoms with Crippen LogP contribution in [0.4, 0.5) is 0 Å². The van der Waals surface area contributed by atoms with Crippen LogP contribution in [0.1, 0.15) is 19.8 Å². The Kier molecular flexibility index (Phi) is 6.07. The molecular weight excluding hydrogens is 232 g/mol. The molecule has 0 aromatic rings. The number of nitrogens with two attached hydrogens (primary N) is 1. The van der Waals surface area contributed by atoms with E-state index in [2.05, 4.69) is 5.32 Å². The molecule has 1 atom stereocenters. The third kappa shape index (κ3) is 4.27. The molecule has 104 valence electrons. The molecule has 6 heteroatoms. The van der Waals surface area contributed by atoms with E-state index in [0.29, 0.717) is 19.6 Å². The number of nitrogens with one attached hydrogen (secondary N) is 1. The lowest BCUT2D eigenvalue weighted by Crippen LogP contribution is -2.54. The summed E-state index contributed by atoms with van der Waals surface area (Å²) in [5.41, 5.74) is 5.83. The van der Waals surface area contributed by atoms with Crippen LogP contribution in [0.3, 0.4) is 0 Å². The number of piperazine rings is 1. The summed E-state index contributed by atoms with van der Waals surface area (Å²) in [6, 6.07) is -0.375. The van der Waals surface area contributed by atoms with E-state index in [0.717, 1.165) is 25.9 Å². The fraction of sp³-hybridized carbons (Fsp3) is 0.833. The van der Waals surface area contributed by atoms with Crippen LogP contribution in [0, 0.1) is 0 Å². The van der Waals surface area contributed by atoms with Gasteiger partial charge in [-0.2, -0.15) is 0 Å². The summed E-state index contributed by atoms with van der Waals surface area (Å²) in [5, 5.41) is 2.60. The van der Waals surface area contributed by atoms with Crippen molar-refractivity contribution < 1.29 is 9.59 Å². The lowest BCUT2D eigenvalue weighted by Gasteiger charge is -2.35. The summed E-state index contributed by atoms with van der Waals surface area (Å²) < 4.78 is 0. The zero-order valence-corrected chi connectivity index (χ0v) is 11.3. The summed E-state index contributed by atoms with van der Waals surface area (Å²) in [6.07, 6.45) is 1.65. The average molecular weight is 256 g/mol. The van der Waals surface area contributed by atoms with Crippen LogP contribution in [0.5, 0.6) is 0 Å². The first kappa shape index (κ1) is 14.9. The SMILES string of the molecule is CCCC(N)C(=O)N1CCN(CC(=O)NC)CC1. The van der Waals surface area contributed by atoms with E-state index in [1.807, 2.05) is 11.8 Å². The third-order valence-electron chi connectivity index (χ3n) is 3.25. The molecule has 1 unspecified atom stereocenters. The van der Waals surface area contributed by atoms with Crippen molar-refractivity contribution in [1.82, 2.24) is 15.1 Å². The minimum Gasteiger partial charge on any atom is -0.358 e. The number of hydrogen-bond acceptors (Lipinski definition) is 4. The summed E-state index contributed by atoms with van der Waals surface area (Å²) in [4.78, 5) is 27.1. The van der Waals surface area contributed by atoms with Crippen LogP contribution >= 0.6 is 0 Å². The Morgan fingerprint density at radius 2 is 1.89 bits per heavy atom. The van der Waals surface area contributed by atoms with Crippen molar-refractivity contribution in [1.29, 1.82) is 0 Å². The van der Waals surface area contributed by atoms with Crippen LogP contribution in [-0.2, 0) is 9.59 Å². The molecule has 1 saturated heterocycles. The van der Waals surface area contributed by atoms with E-state index in [1.54, 1.807) is 11.9 Å². The summed E-state index contributed by atoms with van der Waals surface area (Å²) in [7, 11) is 1.63. The third-order valence-corrected chi connectivity index (χ3v) is 3.25. The van der Waals surface area contributed by atoms with Crippen molar-refractivity contribution in [2.45, 2.75) is 25.8 Å². The smallest absolute Gasteiger partial charge is 0.239 e. The zero-order valence-electron chi connectivity index (χ0n) is 11.3. The van der Waals surface area contributed by atoms with Gasteiger partial charge in [0.2, 0.25) is 11.8 Å². The Morgan fingerprint density at radius 3 is 2.39 bits per heavy atom. The number of carbonyl (C=O) groups excluding carboxylic acids is 2. The van der Waals surface area contributed by atoms with Gasteiger partial charge in [-0.15, -0.1) is 0 Å². The van der Waals surface area contributed by atoms with Crippen molar-refractivity contribution in [3.63, 3.8) is 0 Å². The summed E-state index contributed by atoms with van der Waals surface area (Å²) in [6.45, 7) is 5.21. The second kappa shape index (κ2) is 7.33. The molecule has 1 aliphatic rings. The number of rotatable bonds is 5. The van der Waals surface area contributed by atoms with E-state index in [-0.39, 0.29) is 17.9 Å². The van der Waals surface area contributed by atoms with Gasteiger partial charge in [-0.25, -0.2) is 0 Å². The standard InChI is InChI=1S/C12H24N4O2/c1-3-4-10(13)12(18)16-7-5-15(6-8-16)9-11(17)14-2/h10H,3-9,13H2,1-2H3,(H,14,17). The molecule has 0 aliphatic carbocycles. The van der Waals surface area contributed by atoms with Gasteiger partial charge in [0.1, 0.15) is 0 Å². The van der Waals surface area contributed by atoms with Gasteiger partial charge in [-0.1, -0.05) is 13.3 Å². The van der Waals surface area contributed by atoms with Gasteiger partial charge >= 0.3 is 0 Å². The number of hydrogen-bond donors (Lipinski definition) is 2. The molecule has 0 bridgehead atoms. The Hall–Kier alpha value is -1.14. The predicted octanol–water partition coefficient (Wildman–Crippen LogP) is -0.996. The lowest BCUT2D eigenvalue weighted by molar-refractivity contribution is -0.134. The molecule has 1 aliphatic heterocycles. The molecule has 2 amide bonds. The first-order valence-corrected chi connectivity index (χ1v) is 6.55. The molecule has 3 N–H and O–H groups in total. The van der Waals surface area contributed by atoms with Gasteiger partial charge in [0.15, 0.2) is 0 Å². The number of likely N-dealkylation sites (N-methyl/N-ethyl adjacent to an activating group) is 1. The van der Waals surface area contributed by atoms with Gasteiger partial charge in [-0.3, -0.25) is 14.5 Å². The second-order valence-corrected chi connectivity index (χ2v) is 4.67. The normalized spacial score (nSPS) is 18.5. The summed E-state index contributed by atoms with van der Waals surface area (Å²) >= 11 is 0.